The lowest BCUT2D eigenvalue weighted by molar-refractivity contribution is -0.138. The van der Waals surface area contributed by atoms with E-state index in [0.717, 1.165) is 0 Å². The van der Waals surface area contributed by atoms with Gasteiger partial charge in [0.2, 0.25) is 0 Å². The number of carboxylic acids is 2. The van der Waals surface area contributed by atoms with Crippen molar-refractivity contribution in [1.29, 1.82) is 0 Å². The zero-order chi connectivity index (χ0) is 13.0. The lowest BCUT2D eigenvalue weighted by atomic mass is 10.2. The average molecular weight is 238 g/mol. The molecule has 0 aromatic carbocycles. The normalized spacial score (nSPS) is 11.6. The molecule has 7 heteroatoms. The van der Waals surface area contributed by atoms with Crippen LogP contribution in [-0.4, -0.2) is 39.1 Å². The van der Waals surface area contributed by atoms with Gasteiger partial charge < -0.3 is 15.5 Å². The summed E-state index contributed by atoms with van der Waals surface area (Å²) >= 11 is 0. The Kier molecular flexibility index (Phi) is 3.76. The van der Waals surface area contributed by atoms with Crippen LogP contribution in [0, 0.1) is 0 Å². The minimum atomic E-state index is -1.30. The summed E-state index contributed by atoms with van der Waals surface area (Å²) in [6.45, 7) is 1.27. The summed E-state index contributed by atoms with van der Waals surface area (Å²) in [6.07, 6.45) is 1.26. The first-order chi connectivity index (χ1) is 7.93. The molecular formula is C10H10N2O5. The van der Waals surface area contributed by atoms with Gasteiger partial charge in [0.25, 0.3) is 5.91 Å². The molecule has 1 amide bonds. The molecule has 1 heterocycles. The summed E-state index contributed by atoms with van der Waals surface area (Å²) in [5, 5.41) is 19.6. The Balaban J connectivity index is 2.97. The van der Waals surface area contributed by atoms with Gasteiger partial charge in [-0.25, -0.2) is 4.79 Å². The Hall–Kier alpha value is -2.44. The van der Waals surface area contributed by atoms with Gasteiger partial charge >= 0.3 is 11.9 Å². The number of carbonyl (C=O) groups is 3. The van der Waals surface area contributed by atoms with Gasteiger partial charge in [-0.05, 0) is 19.1 Å². The van der Waals surface area contributed by atoms with Crippen molar-refractivity contribution in [2.45, 2.75) is 13.0 Å². The van der Waals surface area contributed by atoms with Crippen molar-refractivity contribution in [1.82, 2.24) is 10.3 Å². The number of carbonyl (C=O) groups excluding carboxylic acids is 1. The van der Waals surface area contributed by atoms with Crippen molar-refractivity contribution in [3.63, 3.8) is 0 Å². The highest BCUT2D eigenvalue weighted by Crippen LogP contribution is 2.05. The smallest absolute Gasteiger partial charge is 0.338 e. The third-order valence-electron chi connectivity index (χ3n) is 1.97. The van der Waals surface area contributed by atoms with Crippen LogP contribution in [0.3, 0.4) is 0 Å². The molecule has 0 saturated heterocycles. The first-order valence-electron chi connectivity index (χ1n) is 4.65. The van der Waals surface area contributed by atoms with Crippen LogP contribution in [-0.2, 0) is 4.79 Å². The second kappa shape index (κ2) is 5.06. The topological polar surface area (TPSA) is 117 Å². The number of nitrogens with zero attached hydrogens (tertiary/aromatic N) is 1. The Labute approximate surface area is 96.1 Å². The third kappa shape index (κ3) is 3.00. The number of amides is 1. The minimum Gasteiger partial charge on any atom is -0.480 e. The van der Waals surface area contributed by atoms with Crippen molar-refractivity contribution >= 4 is 17.8 Å². The van der Waals surface area contributed by atoms with E-state index in [1.165, 1.54) is 25.3 Å². The van der Waals surface area contributed by atoms with Crippen LogP contribution < -0.4 is 5.32 Å². The van der Waals surface area contributed by atoms with E-state index in [2.05, 4.69) is 10.3 Å². The molecule has 1 atom stereocenters. The summed E-state index contributed by atoms with van der Waals surface area (Å²) in [5.74, 6) is -3.35. The lowest BCUT2D eigenvalue weighted by Gasteiger charge is -2.09. The number of rotatable bonds is 4. The van der Waals surface area contributed by atoms with E-state index in [1.807, 2.05) is 0 Å². The molecule has 0 aliphatic carbocycles. The van der Waals surface area contributed by atoms with E-state index in [4.69, 9.17) is 10.2 Å². The van der Waals surface area contributed by atoms with Crippen LogP contribution in [0.5, 0.6) is 0 Å². The molecule has 1 aromatic rings. The number of carboxylic acid groups (broad SMARTS) is 2. The molecule has 7 nitrogen and oxygen atoms in total. The van der Waals surface area contributed by atoms with Gasteiger partial charge in [-0.3, -0.25) is 14.6 Å². The number of pyridine rings is 1. The van der Waals surface area contributed by atoms with Gasteiger partial charge in [-0.1, -0.05) is 0 Å². The van der Waals surface area contributed by atoms with Crippen LogP contribution in [0.2, 0.25) is 0 Å². The Morgan fingerprint density at radius 3 is 2.53 bits per heavy atom. The minimum absolute atomic E-state index is 0.275. The molecular weight excluding hydrogens is 228 g/mol. The van der Waals surface area contributed by atoms with Gasteiger partial charge in [0.15, 0.2) is 0 Å². The summed E-state index contributed by atoms with van der Waals surface area (Å²) in [6, 6.07) is 1.47. The SMILES string of the molecule is CC(NC(=O)c1ncccc1C(=O)O)C(=O)O. The number of nitrogens with one attached hydrogen (secondary N) is 1. The van der Waals surface area contributed by atoms with Crippen LogP contribution in [0.4, 0.5) is 0 Å². The Bertz CT molecular complexity index is 472. The molecule has 90 valence electrons. The molecule has 1 unspecified atom stereocenters. The standard InChI is InChI=1S/C10H10N2O5/c1-5(9(14)15)12-8(13)7-6(10(16)17)3-2-4-11-7/h2-5H,1H3,(H,12,13)(H,14,15)(H,16,17). The number of hydrogen-bond donors (Lipinski definition) is 3. The lowest BCUT2D eigenvalue weighted by Crippen LogP contribution is -2.39. The van der Waals surface area contributed by atoms with Crippen molar-refractivity contribution in [2.24, 2.45) is 0 Å². The van der Waals surface area contributed by atoms with Gasteiger partial charge in [-0.15, -0.1) is 0 Å². The fourth-order valence-electron chi connectivity index (χ4n) is 1.09. The monoisotopic (exact) mass is 238 g/mol. The van der Waals surface area contributed by atoms with Crippen molar-refractivity contribution in [3.05, 3.63) is 29.6 Å². The third-order valence-corrected chi connectivity index (χ3v) is 1.97. The summed E-state index contributed by atoms with van der Waals surface area (Å²) in [5.41, 5.74) is -0.587. The second-order valence-corrected chi connectivity index (χ2v) is 3.24. The molecule has 0 spiro atoms. The zero-order valence-electron chi connectivity index (χ0n) is 8.88. The zero-order valence-corrected chi connectivity index (χ0v) is 8.88. The summed E-state index contributed by atoms with van der Waals surface area (Å²) in [4.78, 5) is 36.6. The first kappa shape index (κ1) is 12.6. The molecule has 0 aliphatic heterocycles. The molecule has 0 radical (unpaired) electrons. The van der Waals surface area contributed by atoms with E-state index in [-0.39, 0.29) is 11.3 Å². The van der Waals surface area contributed by atoms with Gasteiger partial charge in [0, 0.05) is 6.20 Å². The molecule has 0 saturated carbocycles. The highest BCUT2D eigenvalue weighted by Gasteiger charge is 2.21. The number of aromatic carboxylic acids is 1. The highest BCUT2D eigenvalue weighted by molar-refractivity contribution is 6.04. The van der Waals surface area contributed by atoms with E-state index in [0.29, 0.717) is 0 Å². The van der Waals surface area contributed by atoms with Crippen molar-refractivity contribution in [3.8, 4) is 0 Å². The van der Waals surface area contributed by atoms with Crippen molar-refractivity contribution in [2.75, 3.05) is 0 Å². The molecule has 1 rings (SSSR count). The Morgan fingerprint density at radius 2 is 2.00 bits per heavy atom. The molecule has 0 bridgehead atoms. The maximum atomic E-state index is 11.6. The van der Waals surface area contributed by atoms with Crippen LogP contribution >= 0.6 is 0 Å². The van der Waals surface area contributed by atoms with E-state index >= 15 is 0 Å². The fraction of sp³-hybridized carbons (Fsp3) is 0.200. The largest absolute Gasteiger partial charge is 0.480 e. The molecule has 1 aromatic heterocycles. The summed E-state index contributed by atoms with van der Waals surface area (Å²) in [7, 11) is 0. The van der Waals surface area contributed by atoms with Crippen molar-refractivity contribution < 1.29 is 24.6 Å². The Morgan fingerprint density at radius 1 is 1.35 bits per heavy atom. The van der Waals surface area contributed by atoms with Crippen LogP contribution in [0.25, 0.3) is 0 Å². The predicted octanol–water partition coefficient (Wildman–Crippen LogP) is -0.0173. The van der Waals surface area contributed by atoms with Crippen LogP contribution in [0.15, 0.2) is 18.3 Å². The number of hydrogen-bond acceptors (Lipinski definition) is 4. The van der Waals surface area contributed by atoms with Gasteiger partial charge in [0.05, 0.1) is 5.56 Å². The molecule has 3 N–H and O–H groups in total. The van der Waals surface area contributed by atoms with Gasteiger partial charge in [0.1, 0.15) is 11.7 Å². The summed E-state index contributed by atoms with van der Waals surface area (Å²) < 4.78 is 0. The van der Waals surface area contributed by atoms with Crippen LogP contribution in [0.1, 0.15) is 27.8 Å². The predicted molar refractivity (Wildman–Crippen MR) is 55.8 cm³/mol. The maximum Gasteiger partial charge on any atom is 0.338 e. The maximum absolute atomic E-state index is 11.6. The number of aromatic nitrogens is 1. The average Bonchev–Trinajstić information content (AvgIpc) is 2.28. The first-order valence-corrected chi connectivity index (χ1v) is 4.65. The van der Waals surface area contributed by atoms with Gasteiger partial charge in [-0.2, -0.15) is 0 Å². The number of aliphatic carboxylic acids is 1. The molecule has 0 aliphatic rings. The fourth-order valence-corrected chi connectivity index (χ4v) is 1.09. The molecule has 17 heavy (non-hydrogen) atoms. The van der Waals surface area contributed by atoms with E-state index in [1.54, 1.807) is 0 Å². The molecule has 0 fully saturated rings. The second-order valence-electron chi connectivity index (χ2n) is 3.24. The van der Waals surface area contributed by atoms with E-state index in [9.17, 15) is 14.4 Å². The quantitative estimate of drug-likeness (QED) is 0.678. The highest BCUT2D eigenvalue weighted by atomic mass is 16.4. The van der Waals surface area contributed by atoms with E-state index < -0.39 is 23.9 Å².